The van der Waals surface area contributed by atoms with E-state index in [0.717, 1.165) is 24.6 Å². The van der Waals surface area contributed by atoms with Crippen LogP contribution >= 0.6 is 11.8 Å². The fraction of sp³-hybridized carbons (Fsp3) is 0.500. The third kappa shape index (κ3) is 2.76. The van der Waals surface area contributed by atoms with Crippen LogP contribution < -0.4 is 0 Å². The molecule has 1 aliphatic heterocycles. The molecule has 19 heavy (non-hydrogen) atoms. The first-order valence-corrected chi connectivity index (χ1v) is 7.42. The third-order valence-corrected chi connectivity index (χ3v) is 4.13. The standard InChI is InChI=1S/C12H15N5OS/c1-9(17-4-6-19-7-5-17)12-15-11(16-18-12)10-8-13-2-3-14-10/h2-3,8-9H,4-7H2,1H3/t9-/m0/s1. The molecule has 3 rings (SSSR count). The molecule has 0 amide bonds. The molecule has 0 saturated carbocycles. The Morgan fingerprint density at radius 2 is 2.16 bits per heavy atom. The van der Waals surface area contributed by atoms with Gasteiger partial charge in [0.25, 0.3) is 0 Å². The lowest BCUT2D eigenvalue weighted by atomic mass is 10.2. The van der Waals surface area contributed by atoms with Crippen LogP contribution in [0.5, 0.6) is 0 Å². The van der Waals surface area contributed by atoms with Crippen LogP contribution in [-0.4, -0.2) is 49.6 Å². The van der Waals surface area contributed by atoms with E-state index < -0.39 is 0 Å². The van der Waals surface area contributed by atoms with Crippen molar-refractivity contribution in [1.82, 2.24) is 25.0 Å². The van der Waals surface area contributed by atoms with Gasteiger partial charge >= 0.3 is 0 Å². The number of hydrogen-bond acceptors (Lipinski definition) is 7. The first kappa shape index (κ1) is 12.6. The van der Waals surface area contributed by atoms with Gasteiger partial charge in [-0.1, -0.05) is 5.16 Å². The van der Waals surface area contributed by atoms with E-state index in [1.165, 1.54) is 0 Å². The highest BCUT2D eigenvalue weighted by Gasteiger charge is 2.23. The number of nitrogens with zero attached hydrogens (tertiary/aromatic N) is 5. The molecule has 1 atom stereocenters. The first-order chi connectivity index (χ1) is 9.34. The zero-order valence-corrected chi connectivity index (χ0v) is 11.5. The minimum Gasteiger partial charge on any atom is -0.337 e. The Morgan fingerprint density at radius 1 is 1.32 bits per heavy atom. The molecule has 0 unspecified atom stereocenters. The summed E-state index contributed by atoms with van der Waals surface area (Å²) >= 11 is 1.99. The average molecular weight is 277 g/mol. The summed E-state index contributed by atoms with van der Waals surface area (Å²) in [5.74, 6) is 3.47. The van der Waals surface area contributed by atoms with Crippen LogP contribution in [0.3, 0.4) is 0 Å². The van der Waals surface area contributed by atoms with Crippen molar-refractivity contribution in [3.8, 4) is 11.5 Å². The van der Waals surface area contributed by atoms with Crippen molar-refractivity contribution >= 4 is 11.8 Å². The number of hydrogen-bond donors (Lipinski definition) is 0. The Kier molecular flexibility index (Phi) is 3.74. The summed E-state index contributed by atoms with van der Waals surface area (Å²) < 4.78 is 5.36. The van der Waals surface area contributed by atoms with E-state index in [0.29, 0.717) is 17.4 Å². The summed E-state index contributed by atoms with van der Waals surface area (Å²) in [4.78, 5) is 15.0. The maximum atomic E-state index is 5.36. The van der Waals surface area contributed by atoms with Crippen LogP contribution in [0.1, 0.15) is 18.9 Å². The zero-order valence-electron chi connectivity index (χ0n) is 10.7. The Bertz CT molecular complexity index is 526. The van der Waals surface area contributed by atoms with E-state index >= 15 is 0 Å². The highest BCUT2D eigenvalue weighted by atomic mass is 32.2. The van der Waals surface area contributed by atoms with Crippen molar-refractivity contribution in [2.45, 2.75) is 13.0 Å². The molecule has 3 heterocycles. The van der Waals surface area contributed by atoms with Crippen LogP contribution in [0.15, 0.2) is 23.1 Å². The third-order valence-electron chi connectivity index (χ3n) is 3.18. The second kappa shape index (κ2) is 5.66. The van der Waals surface area contributed by atoms with E-state index in [2.05, 4.69) is 31.9 Å². The Balaban J connectivity index is 1.77. The van der Waals surface area contributed by atoms with Crippen LogP contribution in [-0.2, 0) is 0 Å². The molecule has 1 aliphatic rings. The molecule has 7 heteroatoms. The summed E-state index contributed by atoms with van der Waals surface area (Å²) in [7, 11) is 0. The van der Waals surface area contributed by atoms with Crippen LogP contribution in [0.2, 0.25) is 0 Å². The Labute approximate surface area is 115 Å². The highest BCUT2D eigenvalue weighted by molar-refractivity contribution is 7.99. The quantitative estimate of drug-likeness (QED) is 0.844. The number of aromatic nitrogens is 4. The fourth-order valence-corrected chi connectivity index (χ4v) is 2.98. The topological polar surface area (TPSA) is 67.9 Å². The van der Waals surface area contributed by atoms with E-state index in [9.17, 15) is 0 Å². The predicted molar refractivity (Wildman–Crippen MR) is 72.6 cm³/mol. The maximum absolute atomic E-state index is 5.36. The van der Waals surface area contributed by atoms with Gasteiger partial charge in [-0.3, -0.25) is 9.88 Å². The second-order valence-corrected chi connectivity index (χ2v) is 5.60. The van der Waals surface area contributed by atoms with Crippen molar-refractivity contribution in [3.63, 3.8) is 0 Å². The van der Waals surface area contributed by atoms with Gasteiger partial charge in [0.15, 0.2) is 0 Å². The summed E-state index contributed by atoms with van der Waals surface area (Å²) in [5, 5.41) is 3.98. The molecule has 6 nitrogen and oxygen atoms in total. The zero-order chi connectivity index (χ0) is 13.1. The smallest absolute Gasteiger partial charge is 0.244 e. The lowest BCUT2D eigenvalue weighted by Crippen LogP contribution is -2.34. The van der Waals surface area contributed by atoms with E-state index in [1.54, 1.807) is 18.6 Å². The normalized spacial score (nSPS) is 18.4. The monoisotopic (exact) mass is 277 g/mol. The van der Waals surface area contributed by atoms with Gasteiger partial charge < -0.3 is 4.52 Å². The lowest BCUT2D eigenvalue weighted by molar-refractivity contribution is 0.189. The molecule has 2 aromatic heterocycles. The van der Waals surface area contributed by atoms with Crippen LogP contribution in [0.4, 0.5) is 0 Å². The van der Waals surface area contributed by atoms with E-state index in [-0.39, 0.29) is 6.04 Å². The highest BCUT2D eigenvalue weighted by Crippen LogP contribution is 2.23. The Morgan fingerprint density at radius 3 is 2.89 bits per heavy atom. The lowest BCUT2D eigenvalue weighted by Gasteiger charge is -2.29. The van der Waals surface area contributed by atoms with Crippen molar-refractivity contribution < 1.29 is 4.52 Å². The largest absolute Gasteiger partial charge is 0.337 e. The molecule has 0 aliphatic carbocycles. The van der Waals surface area contributed by atoms with Gasteiger partial charge in [-0.2, -0.15) is 16.7 Å². The van der Waals surface area contributed by atoms with Gasteiger partial charge in [0.05, 0.1) is 12.2 Å². The first-order valence-electron chi connectivity index (χ1n) is 6.26. The minimum absolute atomic E-state index is 0.152. The van der Waals surface area contributed by atoms with Gasteiger partial charge in [0, 0.05) is 37.0 Å². The van der Waals surface area contributed by atoms with E-state index in [1.807, 2.05) is 11.8 Å². The van der Waals surface area contributed by atoms with Crippen LogP contribution in [0.25, 0.3) is 11.5 Å². The molecule has 100 valence electrons. The minimum atomic E-state index is 0.152. The Hall–Kier alpha value is -1.47. The van der Waals surface area contributed by atoms with Crippen molar-refractivity contribution in [1.29, 1.82) is 0 Å². The van der Waals surface area contributed by atoms with Gasteiger partial charge in [-0.05, 0) is 6.92 Å². The van der Waals surface area contributed by atoms with Gasteiger partial charge in [0.1, 0.15) is 5.69 Å². The molecular formula is C12H15N5OS. The van der Waals surface area contributed by atoms with Crippen molar-refractivity contribution in [3.05, 3.63) is 24.5 Å². The molecule has 1 fully saturated rings. The van der Waals surface area contributed by atoms with Gasteiger partial charge in [-0.25, -0.2) is 4.98 Å². The SMILES string of the molecule is C[C@@H](c1nc(-c2cnccn2)no1)N1CCSCC1. The molecule has 0 spiro atoms. The molecule has 2 aromatic rings. The van der Waals surface area contributed by atoms with Crippen LogP contribution in [0, 0.1) is 0 Å². The molecule has 1 saturated heterocycles. The summed E-state index contributed by atoms with van der Waals surface area (Å²) in [6.07, 6.45) is 4.88. The van der Waals surface area contributed by atoms with Gasteiger partial charge in [-0.15, -0.1) is 0 Å². The molecular weight excluding hydrogens is 262 g/mol. The fourth-order valence-electron chi connectivity index (χ4n) is 2.04. The van der Waals surface area contributed by atoms with Crippen molar-refractivity contribution in [2.75, 3.05) is 24.6 Å². The molecule has 0 bridgehead atoms. The maximum Gasteiger partial charge on any atom is 0.244 e. The number of rotatable bonds is 3. The predicted octanol–water partition coefficient (Wildman–Crippen LogP) is 1.64. The molecule has 0 radical (unpaired) electrons. The van der Waals surface area contributed by atoms with E-state index in [4.69, 9.17) is 4.52 Å². The molecule has 0 aromatic carbocycles. The average Bonchev–Trinajstić information content (AvgIpc) is 2.98. The van der Waals surface area contributed by atoms with Crippen molar-refractivity contribution in [2.24, 2.45) is 0 Å². The van der Waals surface area contributed by atoms with Gasteiger partial charge in [0.2, 0.25) is 11.7 Å². The molecule has 0 N–H and O–H groups in total. The summed E-state index contributed by atoms with van der Waals surface area (Å²) in [5.41, 5.74) is 0.638. The second-order valence-electron chi connectivity index (χ2n) is 4.37. The summed E-state index contributed by atoms with van der Waals surface area (Å²) in [6.45, 7) is 4.23. The summed E-state index contributed by atoms with van der Waals surface area (Å²) in [6, 6.07) is 0.152. The number of thioether (sulfide) groups is 1.